The normalized spacial score (nSPS) is 29.6. The Bertz CT molecular complexity index is 700. The molecule has 3 heteroatoms. The van der Waals surface area contributed by atoms with E-state index in [1.54, 1.807) is 0 Å². The van der Waals surface area contributed by atoms with E-state index in [4.69, 9.17) is 0 Å². The molecule has 4 rings (SSSR count). The summed E-state index contributed by atoms with van der Waals surface area (Å²) in [6.07, 6.45) is 7.75. The second kappa shape index (κ2) is 4.62. The zero-order chi connectivity index (χ0) is 16.4. The van der Waals surface area contributed by atoms with Crippen molar-refractivity contribution >= 4 is 5.91 Å². The Labute approximate surface area is 138 Å². The first-order valence-electron chi connectivity index (χ1n) is 8.78. The summed E-state index contributed by atoms with van der Waals surface area (Å²) in [6, 6.07) is 6.56. The highest BCUT2D eigenvalue weighted by Crippen LogP contribution is 2.56. The van der Waals surface area contributed by atoms with Crippen molar-refractivity contribution in [2.45, 2.75) is 57.0 Å². The number of allylic oxidation sites excluding steroid dienone is 1. The molecule has 1 spiro atoms. The Hall–Kier alpha value is -1.77. The smallest absolute Gasteiger partial charge is 0.254 e. The zero-order valence-corrected chi connectivity index (χ0v) is 14.5. The molecule has 0 bridgehead atoms. The van der Waals surface area contributed by atoms with Crippen LogP contribution in [0.1, 0.15) is 67.4 Å². The number of nitrogens with zero attached hydrogens (tertiary/aromatic N) is 1. The summed E-state index contributed by atoms with van der Waals surface area (Å²) in [4.78, 5) is 14.4. The monoisotopic (exact) mass is 310 g/mol. The van der Waals surface area contributed by atoms with Crippen LogP contribution in [-0.2, 0) is 5.54 Å². The first kappa shape index (κ1) is 14.8. The van der Waals surface area contributed by atoms with E-state index in [9.17, 15) is 4.79 Å². The molecule has 3 aliphatic rings. The van der Waals surface area contributed by atoms with Crippen LogP contribution in [0.25, 0.3) is 0 Å². The van der Waals surface area contributed by atoms with Crippen molar-refractivity contribution in [1.82, 2.24) is 10.2 Å². The highest BCUT2D eigenvalue weighted by Gasteiger charge is 2.56. The van der Waals surface area contributed by atoms with Gasteiger partial charge in [-0.05, 0) is 56.0 Å². The lowest BCUT2D eigenvalue weighted by molar-refractivity contribution is 0.0755. The lowest BCUT2D eigenvalue weighted by Crippen LogP contribution is -2.47. The number of carbonyl (C=O) groups excluding carboxylic acids is 1. The van der Waals surface area contributed by atoms with Gasteiger partial charge in [-0.2, -0.15) is 0 Å². The van der Waals surface area contributed by atoms with Crippen LogP contribution in [0.3, 0.4) is 0 Å². The minimum atomic E-state index is 0.0102. The second-order valence-electron chi connectivity index (χ2n) is 7.97. The maximum atomic E-state index is 12.5. The lowest BCUT2D eigenvalue weighted by Gasteiger charge is -2.42. The fourth-order valence-corrected chi connectivity index (χ4v) is 4.78. The third-order valence-electron chi connectivity index (χ3n) is 6.39. The highest BCUT2D eigenvalue weighted by molar-refractivity contribution is 6.00. The van der Waals surface area contributed by atoms with Crippen LogP contribution in [0.15, 0.2) is 30.5 Å². The molecular weight excluding hydrogens is 284 g/mol. The van der Waals surface area contributed by atoms with Crippen molar-refractivity contribution in [1.29, 1.82) is 0 Å². The van der Waals surface area contributed by atoms with Gasteiger partial charge in [-0.15, -0.1) is 0 Å². The van der Waals surface area contributed by atoms with Crippen LogP contribution in [0.4, 0.5) is 0 Å². The predicted octanol–water partition coefficient (Wildman–Crippen LogP) is 3.77. The molecule has 0 radical (unpaired) electrons. The molecule has 1 aromatic rings. The minimum Gasteiger partial charge on any atom is -0.386 e. The molecule has 23 heavy (non-hydrogen) atoms. The number of amides is 1. The van der Waals surface area contributed by atoms with Gasteiger partial charge < -0.3 is 10.2 Å². The zero-order valence-electron chi connectivity index (χ0n) is 14.5. The molecule has 1 aliphatic carbocycles. The molecule has 0 saturated heterocycles. The predicted molar refractivity (Wildman–Crippen MR) is 92.3 cm³/mol. The van der Waals surface area contributed by atoms with Gasteiger partial charge in [0.2, 0.25) is 0 Å². The van der Waals surface area contributed by atoms with Gasteiger partial charge in [0.15, 0.2) is 0 Å². The summed E-state index contributed by atoms with van der Waals surface area (Å²) in [7, 11) is 1.96. The number of nitrogens with one attached hydrogen (secondary N) is 1. The summed E-state index contributed by atoms with van der Waals surface area (Å²) in [6.45, 7) is 6.84. The lowest BCUT2D eigenvalue weighted by atomic mass is 9.71. The summed E-state index contributed by atoms with van der Waals surface area (Å²) in [5, 5.41) is 3.51. The van der Waals surface area contributed by atoms with Gasteiger partial charge in [-0.3, -0.25) is 4.79 Å². The summed E-state index contributed by atoms with van der Waals surface area (Å²) < 4.78 is 0. The molecule has 1 amide bonds. The minimum absolute atomic E-state index is 0.0102. The van der Waals surface area contributed by atoms with E-state index >= 15 is 0 Å². The quantitative estimate of drug-likeness (QED) is 0.902. The van der Waals surface area contributed by atoms with Crippen molar-refractivity contribution in [2.75, 3.05) is 7.05 Å². The number of hydrogen-bond donors (Lipinski definition) is 1. The third-order valence-corrected chi connectivity index (χ3v) is 6.39. The van der Waals surface area contributed by atoms with E-state index in [-0.39, 0.29) is 17.0 Å². The van der Waals surface area contributed by atoms with E-state index in [1.807, 2.05) is 11.9 Å². The van der Waals surface area contributed by atoms with Crippen molar-refractivity contribution in [3.8, 4) is 0 Å². The second-order valence-corrected chi connectivity index (χ2v) is 7.97. The van der Waals surface area contributed by atoms with Gasteiger partial charge in [0, 0.05) is 24.1 Å². The first-order chi connectivity index (χ1) is 10.9. The van der Waals surface area contributed by atoms with Crippen LogP contribution in [0, 0.1) is 5.92 Å². The molecule has 1 aromatic carbocycles. The number of hydrogen-bond acceptors (Lipinski definition) is 2. The van der Waals surface area contributed by atoms with E-state index in [1.165, 1.54) is 11.1 Å². The maximum Gasteiger partial charge on any atom is 0.254 e. The highest BCUT2D eigenvalue weighted by atomic mass is 16.2. The number of fused-ring (bicyclic) bond motifs is 2. The average molecular weight is 310 g/mol. The molecule has 2 heterocycles. The van der Waals surface area contributed by atoms with E-state index in [0.29, 0.717) is 11.8 Å². The van der Waals surface area contributed by atoms with E-state index in [2.05, 4.69) is 56.6 Å². The molecule has 2 aliphatic heterocycles. The van der Waals surface area contributed by atoms with Crippen molar-refractivity contribution < 1.29 is 4.79 Å². The van der Waals surface area contributed by atoms with Gasteiger partial charge in [0.05, 0.1) is 5.54 Å². The standard InChI is InChI=1S/C20H26N2O/c1-5-16-14(8-11-21-19(16,2)3)13-6-7-15-17(12-13)20(9-10-20)22(4)18(15)23/h6-8,11-12,14,16,21H,5,9-10H2,1-4H3. The number of carbonyl (C=O) groups is 1. The largest absolute Gasteiger partial charge is 0.386 e. The van der Waals surface area contributed by atoms with Gasteiger partial charge in [-0.1, -0.05) is 31.6 Å². The first-order valence-corrected chi connectivity index (χ1v) is 8.78. The summed E-state index contributed by atoms with van der Waals surface area (Å²) in [5.74, 6) is 1.16. The Kier molecular flexibility index (Phi) is 2.97. The molecular formula is C20H26N2O. The Morgan fingerprint density at radius 1 is 1.30 bits per heavy atom. The average Bonchev–Trinajstić information content (AvgIpc) is 3.30. The maximum absolute atomic E-state index is 12.5. The van der Waals surface area contributed by atoms with E-state index in [0.717, 1.165) is 24.8 Å². The SMILES string of the molecule is CCC1C(c2ccc3c(c2)C2(CC2)N(C)C3=O)C=CNC1(C)C. The summed E-state index contributed by atoms with van der Waals surface area (Å²) in [5.41, 5.74) is 3.64. The molecule has 2 unspecified atom stereocenters. The summed E-state index contributed by atoms with van der Waals surface area (Å²) >= 11 is 0. The van der Waals surface area contributed by atoms with Crippen molar-refractivity contribution in [3.05, 3.63) is 47.2 Å². The molecule has 0 aromatic heterocycles. The Morgan fingerprint density at radius 3 is 2.70 bits per heavy atom. The molecule has 2 atom stereocenters. The molecule has 1 N–H and O–H groups in total. The van der Waals surface area contributed by atoms with Crippen LogP contribution >= 0.6 is 0 Å². The van der Waals surface area contributed by atoms with Crippen LogP contribution < -0.4 is 5.32 Å². The van der Waals surface area contributed by atoms with Gasteiger partial charge >= 0.3 is 0 Å². The Morgan fingerprint density at radius 2 is 2.04 bits per heavy atom. The molecule has 1 saturated carbocycles. The van der Waals surface area contributed by atoms with Crippen molar-refractivity contribution in [3.63, 3.8) is 0 Å². The number of rotatable bonds is 2. The topological polar surface area (TPSA) is 32.3 Å². The molecule has 122 valence electrons. The van der Waals surface area contributed by atoms with Crippen LogP contribution in [-0.4, -0.2) is 23.4 Å². The van der Waals surface area contributed by atoms with Gasteiger partial charge in [0.25, 0.3) is 5.91 Å². The molecule has 3 nitrogen and oxygen atoms in total. The van der Waals surface area contributed by atoms with Crippen molar-refractivity contribution in [2.24, 2.45) is 5.92 Å². The third kappa shape index (κ3) is 1.92. The fraction of sp³-hybridized carbons (Fsp3) is 0.550. The van der Waals surface area contributed by atoms with Crippen LogP contribution in [0.5, 0.6) is 0 Å². The van der Waals surface area contributed by atoms with Crippen LogP contribution in [0.2, 0.25) is 0 Å². The van der Waals surface area contributed by atoms with E-state index < -0.39 is 0 Å². The van der Waals surface area contributed by atoms with Gasteiger partial charge in [-0.25, -0.2) is 0 Å². The Balaban J connectivity index is 1.78. The van der Waals surface area contributed by atoms with Gasteiger partial charge in [0.1, 0.15) is 0 Å². The number of benzene rings is 1. The molecule has 1 fully saturated rings. The fourth-order valence-electron chi connectivity index (χ4n) is 4.78.